The van der Waals surface area contributed by atoms with E-state index in [0.29, 0.717) is 0 Å². The number of nitrogens with one attached hydrogen (secondary N) is 1. The molecule has 0 heterocycles. The first-order valence-corrected chi connectivity index (χ1v) is 6.58. The van der Waals surface area contributed by atoms with Crippen LogP contribution in [0.5, 0.6) is 11.5 Å². The fourth-order valence-electron chi connectivity index (χ4n) is 2.58. The Morgan fingerprint density at radius 1 is 0.950 bits per heavy atom. The van der Waals surface area contributed by atoms with Crippen LogP contribution in [-0.4, -0.2) is 16.1 Å². The summed E-state index contributed by atoms with van der Waals surface area (Å²) in [5, 5.41) is 21.6. The number of aryl methyl sites for hydroxylation is 2. The number of hydrogen-bond acceptors (Lipinski definition) is 3. The van der Waals surface area contributed by atoms with Crippen molar-refractivity contribution >= 4 is 11.6 Å². The van der Waals surface area contributed by atoms with Crippen molar-refractivity contribution in [3.63, 3.8) is 0 Å². The van der Waals surface area contributed by atoms with Crippen LogP contribution >= 0.6 is 0 Å². The number of rotatable bonds is 2. The maximum atomic E-state index is 12.1. The summed E-state index contributed by atoms with van der Waals surface area (Å²) in [6.45, 7) is 0. The zero-order chi connectivity index (χ0) is 14.1. The standard InChI is InChI=1S/C16H15NO3/c18-14-7-12(8-15(19)9-14)16(20)17-13-5-4-10-2-1-3-11(10)6-13/h4-9,18-19H,1-3H2,(H,17,20). The first kappa shape index (κ1) is 12.5. The van der Waals surface area contributed by atoms with E-state index in [4.69, 9.17) is 0 Å². The molecule has 0 bridgehead atoms. The topological polar surface area (TPSA) is 69.6 Å². The van der Waals surface area contributed by atoms with Gasteiger partial charge in [0.2, 0.25) is 0 Å². The minimum atomic E-state index is -0.353. The number of benzene rings is 2. The van der Waals surface area contributed by atoms with Crippen LogP contribution in [0.4, 0.5) is 5.69 Å². The highest BCUT2D eigenvalue weighted by Crippen LogP contribution is 2.26. The fraction of sp³-hybridized carbons (Fsp3) is 0.188. The molecule has 102 valence electrons. The fourth-order valence-corrected chi connectivity index (χ4v) is 2.58. The number of phenolic OH excluding ortho intramolecular Hbond substituents is 2. The second-order valence-electron chi connectivity index (χ2n) is 5.03. The van der Waals surface area contributed by atoms with Crippen LogP contribution in [0.25, 0.3) is 0 Å². The molecule has 1 aliphatic rings. The normalized spacial score (nSPS) is 13.0. The van der Waals surface area contributed by atoms with Gasteiger partial charge in [0.25, 0.3) is 5.91 Å². The molecular weight excluding hydrogens is 254 g/mol. The molecule has 20 heavy (non-hydrogen) atoms. The van der Waals surface area contributed by atoms with Gasteiger partial charge in [-0.2, -0.15) is 0 Å². The van der Waals surface area contributed by atoms with Crippen molar-refractivity contribution < 1.29 is 15.0 Å². The molecule has 0 aromatic heterocycles. The predicted molar refractivity (Wildman–Crippen MR) is 76.2 cm³/mol. The van der Waals surface area contributed by atoms with Crippen molar-refractivity contribution in [3.05, 3.63) is 53.1 Å². The third-order valence-corrected chi connectivity index (χ3v) is 3.52. The lowest BCUT2D eigenvalue weighted by molar-refractivity contribution is 0.102. The van der Waals surface area contributed by atoms with Crippen molar-refractivity contribution in [2.24, 2.45) is 0 Å². The number of amides is 1. The van der Waals surface area contributed by atoms with Crippen molar-refractivity contribution in [3.8, 4) is 11.5 Å². The van der Waals surface area contributed by atoms with Crippen molar-refractivity contribution in [2.75, 3.05) is 5.32 Å². The average molecular weight is 269 g/mol. The zero-order valence-corrected chi connectivity index (χ0v) is 10.9. The van der Waals surface area contributed by atoms with Gasteiger partial charge in [-0.3, -0.25) is 4.79 Å². The van der Waals surface area contributed by atoms with Gasteiger partial charge in [-0.1, -0.05) is 6.07 Å². The molecule has 0 spiro atoms. The van der Waals surface area contributed by atoms with Crippen LogP contribution in [0.3, 0.4) is 0 Å². The number of hydrogen-bond donors (Lipinski definition) is 3. The SMILES string of the molecule is O=C(Nc1ccc2c(c1)CCC2)c1cc(O)cc(O)c1. The van der Waals surface area contributed by atoms with Gasteiger partial charge in [-0.15, -0.1) is 0 Å². The number of aromatic hydroxyl groups is 2. The molecule has 1 aliphatic carbocycles. The molecule has 1 amide bonds. The number of anilines is 1. The van der Waals surface area contributed by atoms with E-state index in [1.54, 1.807) is 0 Å². The zero-order valence-electron chi connectivity index (χ0n) is 10.9. The summed E-state index contributed by atoms with van der Waals surface area (Å²) >= 11 is 0. The minimum Gasteiger partial charge on any atom is -0.508 e. The van der Waals surface area contributed by atoms with Gasteiger partial charge in [0.05, 0.1) is 0 Å². The van der Waals surface area contributed by atoms with Crippen LogP contribution in [0, 0.1) is 0 Å². The molecule has 2 aromatic rings. The van der Waals surface area contributed by atoms with E-state index >= 15 is 0 Å². The third kappa shape index (κ3) is 2.45. The lowest BCUT2D eigenvalue weighted by Gasteiger charge is -2.08. The monoisotopic (exact) mass is 269 g/mol. The molecule has 0 radical (unpaired) electrons. The van der Waals surface area contributed by atoms with Crippen LogP contribution in [0.2, 0.25) is 0 Å². The van der Waals surface area contributed by atoms with Crippen LogP contribution < -0.4 is 5.32 Å². The lowest BCUT2D eigenvalue weighted by Crippen LogP contribution is -2.11. The van der Waals surface area contributed by atoms with Crippen molar-refractivity contribution in [1.82, 2.24) is 0 Å². The van der Waals surface area contributed by atoms with E-state index in [1.807, 2.05) is 18.2 Å². The Kier molecular flexibility index (Phi) is 3.06. The number of fused-ring (bicyclic) bond motifs is 1. The van der Waals surface area contributed by atoms with Crippen LogP contribution in [-0.2, 0) is 12.8 Å². The summed E-state index contributed by atoms with van der Waals surface area (Å²) in [5.74, 6) is -0.623. The van der Waals surface area contributed by atoms with E-state index in [1.165, 1.54) is 29.3 Å². The molecule has 2 aromatic carbocycles. The van der Waals surface area contributed by atoms with E-state index in [-0.39, 0.29) is 23.0 Å². The van der Waals surface area contributed by atoms with E-state index in [0.717, 1.165) is 24.9 Å². The van der Waals surface area contributed by atoms with E-state index in [9.17, 15) is 15.0 Å². The molecule has 4 heteroatoms. The largest absolute Gasteiger partial charge is 0.508 e. The lowest BCUT2D eigenvalue weighted by atomic mass is 10.1. The average Bonchev–Trinajstić information content (AvgIpc) is 2.85. The first-order valence-electron chi connectivity index (χ1n) is 6.58. The van der Waals surface area contributed by atoms with Gasteiger partial charge in [0.15, 0.2) is 0 Å². The predicted octanol–water partition coefficient (Wildman–Crippen LogP) is 2.84. The second-order valence-corrected chi connectivity index (χ2v) is 5.03. The van der Waals surface area contributed by atoms with Gasteiger partial charge < -0.3 is 15.5 Å². The Bertz CT molecular complexity index is 659. The minimum absolute atomic E-state index is 0.135. The Balaban J connectivity index is 1.82. The first-order chi connectivity index (χ1) is 9.61. The summed E-state index contributed by atoms with van der Waals surface area (Å²) in [7, 11) is 0. The molecule has 0 fully saturated rings. The van der Waals surface area contributed by atoms with Gasteiger partial charge in [0.1, 0.15) is 11.5 Å². The molecule has 0 unspecified atom stereocenters. The molecular formula is C16H15NO3. The van der Waals surface area contributed by atoms with Crippen LogP contribution in [0.1, 0.15) is 27.9 Å². The van der Waals surface area contributed by atoms with E-state index in [2.05, 4.69) is 5.32 Å². The number of carbonyl (C=O) groups is 1. The maximum Gasteiger partial charge on any atom is 0.255 e. The molecule has 3 rings (SSSR count). The molecule has 0 saturated heterocycles. The van der Waals surface area contributed by atoms with Crippen molar-refractivity contribution in [2.45, 2.75) is 19.3 Å². The van der Waals surface area contributed by atoms with E-state index < -0.39 is 0 Å². The quantitative estimate of drug-likeness (QED) is 0.785. The number of carbonyl (C=O) groups excluding carboxylic acids is 1. The molecule has 0 aliphatic heterocycles. The summed E-state index contributed by atoms with van der Waals surface area (Å²) in [6, 6.07) is 9.74. The highest BCUT2D eigenvalue weighted by molar-refractivity contribution is 6.04. The smallest absolute Gasteiger partial charge is 0.255 e. The Morgan fingerprint density at radius 2 is 1.65 bits per heavy atom. The van der Waals surface area contributed by atoms with Gasteiger partial charge in [-0.05, 0) is 54.7 Å². The summed E-state index contributed by atoms with van der Waals surface area (Å²) in [4.78, 5) is 12.1. The third-order valence-electron chi connectivity index (χ3n) is 3.52. The van der Waals surface area contributed by atoms with Crippen molar-refractivity contribution in [1.29, 1.82) is 0 Å². The summed E-state index contributed by atoms with van der Waals surface area (Å²) in [6.07, 6.45) is 3.31. The molecule has 3 N–H and O–H groups in total. The van der Waals surface area contributed by atoms with Gasteiger partial charge in [-0.25, -0.2) is 0 Å². The summed E-state index contributed by atoms with van der Waals surface area (Å²) < 4.78 is 0. The Hall–Kier alpha value is -2.49. The van der Waals surface area contributed by atoms with Crippen LogP contribution in [0.15, 0.2) is 36.4 Å². The van der Waals surface area contributed by atoms with Gasteiger partial charge >= 0.3 is 0 Å². The summed E-state index contributed by atoms with van der Waals surface area (Å²) in [5.41, 5.74) is 3.58. The maximum absolute atomic E-state index is 12.1. The second kappa shape index (κ2) is 4.89. The molecule has 0 atom stereocenters. The van der Waals surface area contributed by atoms with Gasteiger partial charge in [0, 0.05) is 17.3 Å². The number of phenols is 2. The highest BCUT2D eigenvalue weighted by Gasteiger charge is 2.13. The molecule has 4 nitrogen and oxygen atoms in total. The highest BCUT2D eigenvalue weighted by atomic mass is 16.3. The Morgan fingerprint density at radius 3 is 2.40 bits per heavy atom. The Labute approximate surface area is 116 Å². The molecule has 0 saturated carbocycles.